The van der Waals surface area contributed by atoms with Gasteiger partial charge in [-0.25, -0.2) is 5.84 Å². The summed E-state index contributed by atoms with van der Waals surface area (Å²) in [5.41, 5.74) is 2.57. The molecule has 0 heterocycles. The topological polar surface area (TPSA) is 67.6 Å². The Morgan fingerprint density at radius 1 is 1.42 bits per heavy atom. The number of thioether (sulfide) groups is 1. The van der Waals surface area contributed by atoms with Crippen LogP contribution in [-0.4, -0.2) is 49.6 Å². The van der Waals surface area contributed by atoms with Crippen LogP contribution in [0.25, 0.3) is 0 Å². The number of hydrogen-bond donors (Lipinski definition) is 2. The van der Waals surface area contributed by atoms with Crippen molar-refractivity contribution in [2.45, 2.75) is 0 Å². The lowest BCUT2D eigenvalue weighted by molar-refractivity contribution is 0.0949. The van der Waals surface area contributed by atoms with E-state index in [4.69, 9.17) is 10.6 Å². The molecule has 1 rings (SSSR count). The molecule has 0 aliphatic heterocycles. The molecule has 0 bridgehead atoms. The number of hydrazine groups is 1. The molecule has 1 aromatic carbocycles. The van der Waals surface area contributed by atoms with E-state index in [9.17, 15) is 4.79 Å². The van der Waals surface area contributed by atoms with Gasteiger partial charge in [0.2, 0.25) is 0 Å². The third-order valence-corrected chi connectivity index (χ3v) is 3.26. The van der Waals surface area contributed by atoms with Crippen molar-refractivity contribution < 1.29 is 9.53 Å². The molecule has 0 aliphatic carbocycles. The Labute approximate surface area is 118 Å². The summed E-state index contributed by atoms with van der Waals surface area (Å²) >= 11 is 1.82. The first-order valence-electron chi connectivity index (χ1n) is 6.09. The zero-order chi connectivity index (χ0) is 14.1. The molecule has 0 atom stereocenters. The molecular formula is C13H21N3O2S. The summed E-state index contributed by atoms with van der Waals surface area (Å²) in [6.45, 7) is 2.38. The second-order valence-electron chi connectivity index (χ2n) is 4.11. The molecule has 5 nitrogen and oxygen atoms in total. The number of benzene rings is 1. The third kappa shape index (κ3) is 5.50. The summed E-state index contributed by atoms with van der Waals surface area (Å²) in [5, 5.41) is 0. The van der Waals surface area contributed by atoms with E-state index in [1.165, 1.54) is 0 Å². The summed E-state index contributed by atoms with van der Waals surface area (Å²) in [7, 11) is 2.05. The first-order valence-corrected chi connectivity index (χ1v) is 7.48. The van der Waals surface area contributed by atoms with Gasteiger partial charge in [0.25, 0.3) is 5.91 Å². The molecule has 3 N–H and O–H groups in total. The first-order chi connectivity index (χ1) is 9.19. The fraction of sp³-hybridized carbons (Fsp3) is 0.462. The molecule has 0 aromatic heterocycles. The second-order valence-corrected chi connectivity index (χ2v) is 5.10. The molecule has 6 heteroatoms. The number of nitrogens with one attached hydrogen (secondary N) is 1. The van der Waals surface area contributed by atoms with Gasteiger partial charge in [-0.05, 0) is 25.4 Å². The van der Waals surface area contributed by atoms with E-state index in [0.717, 1.165) is 18.8 Å². The lowest BCUT2D eigenvalue weighted by atomic mass is 10.2. The quantitative estimate of drug-likeness (QED) is 0.423. The predicted octanol–water partition coefficient (Wildman–Crippen LogP) is 0.964. The average molecular weight is 283 g/mol. The number of carbonyl (C=O) groups is 1. The van der Waals surface area contributed by atoms with Crippen LogP contribution < -0.4 is 16.0 Å². The Bertz CT molecular complexity index is 401. The van der Waals surface area contributed by atoms with Gasteiger partial charge in [-0.2, -0.15) is 11.8 Å². The Morgan fingerprint density at radius 2 is 2.16 bits per heavy atom. The van der Waals surface area contributed by atoms with Crippen molar-refractivity contribution >= 4 is 17.7 Å². The van der Waals surface area contributed by atoms with Crippen molar-refractivity contribution in [3.05, 3.63) is 29.8 Å². The summed E-state index contributed by atoms with van der Waals surface area (Å²) in [6.07, 6.45) is 2.09. The van der Waals surface area contributed by atoms with Gasteiger partial charge >= 0.3 is 0 Å². The van der Waals surface area contributed by atoms with E-state index >= 15 is 0 Å². The monoisotopic (exact) mass is 283 g/mol. The highest BCUT2D eigenvalue weighted by Crippen LogP contribution is 2.17. The average Bonchev–Trinajstić information content (AvgIpc) is 2.44. The normalized spacial score (nSPS) is 10.5. The van der Waals surface area contributed by atoms with Crippen LogP contribution in [0.15, 0.2) is 24.3 Å². The maximum atomic E-state index is 11.5. The molecule has 0 radical (unpaired) electrons. The SMILES string of the molecule is CSCCN(C)CCOc1ccccc1C(=O)NN. The molecular weight excluding hydrogens is 262 g/mol. The summed E-state index contributed by atoms with van der Waals surface area (Å²) in [5.74, 6) is 6.46. The fourth-order valence-electron chi connectivity index (χ4n) is 1.53. The van der Waals surface area contributed by atoms with Crippen LogP contribution in [0.2, 0.25) is 0 Å². The number of likely N-dealkylation sites (N-methyl/N-ethyl adjacent to an activating group) is 1. The Balaban J connectivity index is 2.47. The molecule has 0 saturated carbocycles. The number of hydrogen-bond acceptors (Lipinski definition) is 5. The van der Waals surface area contributed by atoms with Crippen LogP contribution >= 0.6 is 11.8 Å². The van der Waals surface area contributed by atoms with Gasteiger partial charge in [0.1, 0.15) is 12.4 Å². The lowest BCUT2D eigenvalue weighted by Crippen LogP contribution is -2.31. The predicted molar refractivity (Wildman–Crippen MR) is 79.5 cm³/mol. The lowest BCUT2D eigenvalue weighted by Gasteiger charge is -2.17. The first kappa shape index (κ1) is 15.8. The highest BCUT2D eigenvalue weighted by Gasteiger charge is 2.10. The van der Waals surface area contributed by atoms with Crippen LogP contribution in [0.5, 0.6) is 5.75 Å². The van der Waals surface area contributed by atoms with Gasteiger partial charge in [-0.1, -0.05) is 12.1 Å². The van der Waals surface area contributed by atoms with Gasteiger partial charge in [0.15, 0.2) is 0 Å². The third-order valence-electron chi connectivity index (χ3n) is 2.67. The van der Waals surface area contributed by atoms with E-state index in [0.29, 0.717) is 17.9 Å². The van der Waals surface area contributed by atoms with Gasteiger partial charge in [0.05, 0.1) is 5.56 Å². The van der Waals surface area contributed by atoms with Crippen molar-refractivity contribution in [3.63, 3.8) is 0 Å². The molecule has 0 saturated heterocycles. The Kier molecular flexibility index (Phi) is 7.32. The highest BCUT2D eigenvalue weighted by molar-refractivity contribution is 7.98. The number of nitrogen functional groups attached to an aromatic ring is 1. The number of carbonyl (C=O) groups excluding carboxylic acids is 1. The van der Waals surface area contributed by atoms with E-state index < -0.39 is 0 Å². The molecule has 1 aromatic rings. The van der Waals surface area contributed by atoms with Crippen LogP contribution in [-0.2, 0) is 0 Å². The Morgan fingerprint density at radius 3 is 2.84 bits per heavy atom. The molecule has 106 valence electrons. The van der Waals surface area contributed by atoms with Gasteiger partial charge in [-0.3, -0.25) is 10.2 Å². The minimum absolute atomic E-state index is 0.341. The maximum Gasteiger partial charge on any atom is 0.268 e. The summed E-state index contributed by atoms with van der Waals surface area (Å²) in [4.78, 5) is 13.7. The van der Waals surface area contributed by atoms with E-state index in [-0.39, 0.29) is 5.91 Å². The summed E-state index contributed by atoms with van der Waals surface area (Å²) in [6, 6.07) is 7.07. The largest absolute Gasteiger partial charge is 0.491 e. The number of nitrogens with two attached hydrogens (primary N) is 1. The van der Waals surface area contributed by atoms with Crippen LogP contribution in [0.4, 0.5) is 0 Å². The minimum atomic E-state index is -0.341. The number of amides is 1. The van der Waals surface area contributed by atoms with Crippen molar-refractivity contribution in [2.75, 3.05) is 38.8 Å². The highest BCUT2D eigenvalue weighted by atomic mass is 32.2. The molecule has 19 heavy (non-hydrogen) atoms. The van der Waals surface area contributed by atoms with E-state index in [1.54, 1.807) is 18.2 Å². The number of para-hydroxylation sites is 1. The second kappa shape index (κ2) is 8.79. The summed E-state index contributed by atoms with van der Waals surface area (Å²) < 4.78 is 5.65. The molecule has 0 aliphatic rings. The zero-order valence-electron chi connectivity index (χ0n) is 11.4. The van der Waals surface area contributed by atoms with Gasteiger partial charge in [-0.15, -0.1) is 0 Å². The molecule has 1 amide bonds. The molecule has 0 fully saturated rings. The molecule has 0 unspecified atom stereocenters. The minimum Gasteiger partial charge on any atom is -0.491 e. The Hall–Kier alpha value is -1.24. The van der Waals surface area contributed by atoms with E-state index in [2.05, 4.69) is 23.6 Å². The number of rotatable bonds is 8. The van der Waals surface area contributed by atoms with Crippen LogP contribution in [0.3, 0.4) is 0 Å². The van der Waals surface area contributed by atoms with Gasteiger partial charge in [0, 0.05) is 18.8 Å². The van der Waals surface area contributed by atoms with E-state index in [1.807, 2.05) is 17.8 Å². The smallest absolute Gasteiger partial charge is 0.268 e. The van der Waals surface area contributed by atoms with Crippen molar-refractivity contribution in [1.29, 1.82) is 0 Å². The molecule has 0 spiro atoms. The number of nitrogens with zero attached hydrogens (tertiary/aromatic N) is 1. The zero-order valence-corrected chi connectivity index (χ0v) is 12.2. The standard InChI is InChI=1S/C13H21N3O2S/c1-16(8-10-19-2)7-9-18-12-6-4-3-5-11(12)13(17)15-14/h3-6H,7-10,14H2,1-2H3,(H,15,17). The van der Waals surface area contributed by atoms with Crippen LogP contribution in [0, 0.1) is 0 Å². The number of ether oxygens (including phenoxy) is 1. The fourth-order valence-corrected chi connectivity index (χ4v) is 2.02. The van der Waals surface area contributed by atoms with Crippen molar-refractivity contribution in [2.24, 2.45) is 5.84 Å². The van der Waals surface area contributed by atoms with Gasteiger partial charge < -0.3 is 9.64 Å². The maximum absolute atomic E-state index is 11.5. The van der Waals surface area contributed by atoms with Crippen molar-refractivity contribution in [1.82, 2.24) is 10.3 Å². The van der Waals surface area contributed by atoms with Crippen LogP contribution in [0.1, 0.15) is 10.4 Å². The van der Waals surface area contributed by atoms with Crippen molar-refractivity contribution in [3.8, 4) is 5.75 Å².